The van der Waals surface area contributed by atoms with Crippen LogP contribution in [0.15, 0.2) is 101 Å². The van der Waals surface area contributed by atoms with Gasteiger partial charge in [0.2, 0.25) is 0 Å². The quantitative estimate of drug-likeness (QED) is 0.278. The van der Waals surface area contributed by atoms with Crippen LogP contribution in [0.3, 0.4) is 0 Å². The molecule has 0 saturated carbocycles. The summed E-state index contributed by atoms with van der Waals surface area (Å²) in [6.45, 7) is 9.57. The highest BCUT2D eigenvalue weighted by atomic mass is 32.2. The molecule has 2 nitrogen and oxygen atoms in total. The van der Waals surface area contributed by atoms with Crippen LogP contribution in [0.5, 0.6) is 0 Å². The minimum absolute atomic E-state index is 0.0379. The molecule has 0 atom stereocenters. The van der Waals surface area contributed by atoms with Crippen LogP contribution in [-0.4, -0.2) is 16.3 Å². The SMILES string of the molecule is C=C1/C=C\C=C/CN=C(n2c3ccccc3c3ccc4c(c32)-c2ccccc2C4(C)C)S1. The maximum absolute atomic E-state index is 5.01. The number of aromatic nitrogens is 1. The van der Waals surface area contributed by atoms with Crippen LogP contribution in [-0.2, 0) is 5.41 Å². The summed E-state index contributed by atoms with van der Waals surface area (Å²) < 4.78 is 2.37. The Morgan fingerprint density at radius 2 is 1.72 bits per heavy atom. The maximum Gasteiger partial charge on any atom is 0.173 e. The number of para-hydroxylation sites is 1. The van der Waals surface area contributed by atoms with E-state index in [2.05, 4.69) is 97.8 Å². The van der Waals surface area contributed by atoms with Crippen LogP contribution in [0.1, 0.15) is 25.0 Å². The number of allylic oxidation sites excluding steroid dienone is 3. The summed E-state index contributed by atoms with van der Waals surface area (Å²) in [6.07, 6.45) is 8.22. The zero-order chi connectivity index (χ0) is 21.9. The van der Waals surface area contributed by atoms with Crippen molar-refractivity contribution in [1.29, 1.82) is 0 Å². The van der Waals surface area contributed by atoms with Gasteiger partial charge >= 0.3 is 0 Å². The van der Waals surface area contributed by atoms with Crippen LogP contribution >= 0.6 is 11.8 Å². The highest BCUT2D eigenvalue weighted by molar-refractivity contribution is 8.17. The molecule has 1 aromatic heterocycles. The fourth-order valence-corrected chi connectivity index (χ4v) is 5.98. The van der Waals surface area contributed by atoms with Gasteiger partial charge in [0.25, 0.3) is 0 Å². The van der Waals surface area contributed by atoms with Gasteiger partial charge in [-0.3, -0.25) is 9.56 Å². The van der Waals surface area contributed by atoms with E-state index in [1.807, 2.05) is 12.2 Å². The predicted molar refractivity (Wildman–Crippen MR) is 140 cm³/mol. The van der Waals surface area contributed by atoms with Gasteiger partial charge in [0.15, 0.2) is 5.17 Å². The molecule has 156 valence electrons. The minimum Gasteiger partial charge on any atom is -0.288 e. The van der Waals surface area contributed by atoms with E-state index < -0.39 is 0 Å². The first-order valence-electron chi connectivity index (χ1n) is 11.0. The largest absolute Gasteiger partial charge is 0.288 e. The van der Waals surface area contributed by atoms with Crippen molar-refractivity contribution < 1.29 is 0 Å². The molecule has 0 unspecified atom stereocenters. The summed E-state index contributed by atoms with van der Waals surface area (Å²) in [7, 11) is 0. The molecule has 0 bridgehead atoms. The van der Waals surface area contributed by atoms with Crippen LogP contribution in [0.2, 0.25) is 0 Å². The van der Waals surface area contributed by atoms with E-state index in [-0.39, 0.29) is 5.41 Å². The number of fused-ring (bicyclic) bond motifs is 7. The Labute approximate surface area is 192 Å². The lowest BCUT2D eigenvalue weighted by Crippen LogP contribution is -2.15. The normalized spacial score (nSPS) is 19.1. The molecular formula is C29H24N2S. The molecular weight excluding hydrogens is 408 g/mol. The molecule has 0 radical (unpaired) electrons. The first kappa shape index (κ1) is 19.4. The second-order valence-electron chi connectivity index (χ2n) is 8.89. The van der Waals surface area contributed by atoms with Crippen molar-refractivity contribution in [3.63, 3.8) is 0 Å². The molecule has 32 heavy (non-hydrogen) atoms. The molecule has 4 aromatic rings. The van der Waals surface area contributed by atoms with Gasteiger partial charge in [-0.15, -0.1) is 0 Å². The van der Waals surface area contributed by atoms with Crippen LogP contribution in [0.4, 0.5) is 0 Å². The van der Waals surface area contributed by atoms with Crippen LogP contribution < -0.4 is 0 Å². The Hall–Kier alpha value is -3.30. The third-order valence-electron chi connectivity index (χ3n) is 6.65. The molecule has 0 fully saturated rings. The maximum atomic E-state index is 5.01. The van der Waals surface area contributed by atoms with Crippen LogP contribution in [0, 0.1) is 0 Å². The van der Waals surface area contributed by atoms with Crippen molar-refractivity contribution in [1.82, 2.24) is 4.57 Å². The molecule has 3 heteroatoms. The first-order chi connectivity index (χ1) is 15.6. The summed E-state index contributed by atoms with van der Waals surface area (Å²) in [6, 6.07) is 22.2. The fourth-order valence-electron chi connectivity index (χ4n) is 5.17. The second-order valence-corrected chi connectivity index (χ2v) is 9.98. The fraction of sp³-hybridized carbons (Fsp3) is 0.138. The minimum atomic E-state index is -0.0379. The second kappa shape index (κ2) is 7.11. The number of nitrogens with zero attached hydrogens (tertiary/aromatic N) is 2. The monoisotopic (exact) mass is 432 g/mol. The first-order valence-corrected chi connectivity index (χ1v) is 11.8. The molecule has 2 heterocycles. The van der Waals surface area contributed by atoms with Gasteiger partial charge in [-0.1, -0.05) is 105 Å². The van der Waals surface area contributed by atoms with Gasteiger partial charge in [0.1, 0.15) is 0 Å². The van der Waals surface area contributed by atoms with Gasteiger partial charge in [-0.05, 0) is 28.8 Å². The predicted octanol–water partition coefficient (Wildman–Crippen LogP) is 7.68. The summed E-state index contributed by atoms with van der Waals surface area (Å²) in [5, 5.41) is 3.49. The van der Waals surface area contributed by atoms with E-state index in [4.69, 9.17) is 4.99 Å². The summed E-state index contributed by atoms with van der Waals surface area (Å²) >= 11 is 1.64. The Kier molecular flexibility index (Phi) is 4.31. The van der Waals surface area contributed by atoms with Crippen LogP contribution in [0.25, 0.3) is 32.9 Å². The van der Waals surface area contributed by atoms with E-state index in [1.54, 1.807) is 11.8 Å². The standard InChI is InChI=1S/C29H24N2S/c1-19-11-5-4-10-18-30-28(32-19)31-25-15-9-7-12-20(25)21-16-17-24-26(27(21)31)22-13-6-8-14-23(22)29(24,2)3/h4-17H,1,18H2,2-3H3/b10-4-,11-5-,30-28?. The Morgan fingerprint density at radius 3 is 2.62 bits per heavy atom. The van der Waals surface area contributed by atoms with Crippen molar-refractivity contribution >= 4 is 38.7 Å². The van der Waals surface area contributed by atoms with Gasteiger partial charge in [-0.25, -0.2) is 0 Å². The lowest BCUT2D eigenvalue weighted by Gasteiger charge is -2.21. The van der Waals surface area contributed by atoms with E-state index in [9.17, 15) is 0 Å². The molecule has 0 amide bonds. The van der Waals surface area contributed by atoms with Crippen molar-refractivity contribution in [2.24, 2.45) is 4.99 Å². The molecule has 3 aromatic carbocycles. The van der Waals surface area contributed by atoms with E-state index in [0.29, 0.717) is 6.54 Å². The number of benzene rings is 3. The number of hydrogen-bond donors (Lipinski definition) is 0. The summed E-state index contributed by atoms with van der Waals surface area (Å²) in [5.74, 6) is 0. The third-order valence-corrected chi connectivity index (χ3v) is 7.55. The van der Waals surface area contributed by atoms with E-state index in [0.717, 1.165) is 10.1 Å². The Balaban J connectivity index is 1.77. The zero-order valence-corrected chi connectivity index (χ0v) is 19.1. The van der Waals surface area contributed by atoms with Gasteiger partial charge in [0, 0.05) is 26.7 Å². The lowest BCUT2D eigenvalue weighted by molar-refractivity contribution is 0.661. The third kappa shape index (κ3) is 2.71. The van der Waals surface area contributed by atoms with Crippen molar-refractivity contribution in [2.75, 3.05) is 6.54 Å². The molecule has 0 saturated heterocycles. The molecule has 1 aliphatic carbocycles. The highest BCUT2D eigenvalue weighted by Gasteiger charge is 2.37. The molecule has 1 aliphatic heterocycles. The molecule has 0 spiro atoms. The van der Waals surface area contributed by atoms with E-state index >= 15 is 0 Å². The van der Waals surface area contributed by atoms with E-state index in [1.165, 1.54) is 44.1 Å². The van der Waals surface area contributed by atoms with Crippen molar-refractivity contribution in [3.05, 3.63) is 108 Å². The molecule has 0 N–H and O–H groups in total. The molecule has 2 aliphatic rings. The highest BCUT2D eigenvalue weighted by Crippen LogP contribution is 2.52. The van der Waals surface area contributed by atoms with Gasteiger partial charge in [-0.2, -0.15) is 0 Å². The number of hydrogen-bond acceptors (Lipinski definition) is 2. The number of aliphatic imine (C=N–C) groups is 1. The topological polar surface area (TPSA) is 17.3 Å². The van der Waals surface area contributed by atoms with Gasteiger partial charge in [0.05, 0.1) is 17.6 Å². The van der Waals surface area contributed by atoms with Crippen molar-refractivity contribution in [3.8, 4) is 11.1 Å². The Bertz CT molecular complexity index is 1510. The number of thioether (sulfide) groups is 1. The summed E-state index contributed by atoms with van der Waals surface area (Å²) in [5.41, 5.74) is 7.82. The van der Waals surface area contributed by atoms with Gasteiger partial charge < -0.3 is 0 Å². The average Bonchev–Trinajstić information content (AvgIpc) is 3.28. The molecule has 6 rings (SSSR count). The Morgan fingerprint density at radius 1 is 0.906 bits per heavy atom. The van der Waals surface area contributed by atoms with Crippen molar-refractivity contribution in [2.45, 2.75) is 19.3 Å². The smallest absolute Gasteiger partial charge is 0.173 e. The number of rotatable bonds is 0. The zero-order valence-electron chi connectivity index (χ0n) is 18.3. The average molecular weight is 433 g/mol. The summed E-state index contributed by atoms with van der Waals surface area (Å²) in [4.78, 5) is 5.99. The lowest BCUT2D eigenvalue weighted by atomic mass is 9.82.